The van der Waals surface area contributed by atoms with Crippen molar-refractivity contribution in [1.82, 2.24) is 0 Å². The van der Waals surface area contributed by atoms with Gasteiger partial charge >= 0.3 is 0 Å². The Morgan fingerprint density at radius 3 is 2.40 bits per heavy atom. The van der Waals surface area contributed by atoms with E-state index < -0.39 is 17.1 Å². The average molecular weight is 230 g/mol. The van der Waals surface area contributed by atoms with Gasteiger partial charge in [-0.3, -0.25) is 10.1 Å². The Hall–Kier alpha value is -1.13. The molecule has 0 fully saturated rings. The molecule has 2 atom stereocenters. The summed E-state index contributed by atoms with van der Waals surface area (Å²) in [5, 5.41) is 20.9. The number of benzene rings is 1. The third-order valence-corrected chi connectivity index (χ3v) is 2.52. The summed E-state index contributed by atoms with van der Waals surface area (Å²) >= 11 is 5.68. The molecule has 15 heavy (non-hydrogen) atoms. The van der Waals surface area contributed by atoms with Gasteiger partial charge in [0.15, 0.2) is 0 Å². The zero-order chi connectivity index (χ0) is 11.4. The summed E-state index contributed by atoms with van der Waals surface area (Å²) in [6, 6.07) is 5.43. The molecule has 0 spiro atoms. The Morgan fingerprint density at radius 1 is 1.47 bits per heavy atom. The maximum absolute atomic E-state index is 10.6. The number of aliphatic hydroxyl groups is 1. The average Bonchev–Trinajstić information content (AvgIpc) is 2.19. The molecule has 0 aliphatic carbocycles. The van der Waals surface area contributed by atoms with Crippen LogP contribution in [0.15, 0.2) is 24.3 Å². The van der Waals surface area contributed by atoms with E-state index in [2.05, 4.69) is 0 Å². The van der Waals surface area contributed by atoms with Crippen LogP contribution in [0.4, 0.5) is 0 Å². The molecular formula is C10H12ClNO3. The van der Waals surface area contributed by atoms with E-state index in [9.17, 15) is 15.2 Å². The molecule has 82 valence electrons. The molecular weight excluding hydrogens is 218 g/mol. The maximum atomic E-state index is 10.6. The second-order valence-electron chi connectivity index (χ2n) is 3.26. The first-order valence-corrected chi connectivity index (χ1v) is 5.01. The van der Waals surface area contributed by atoms with Crippen molar-refractivity contribution >= 4 is 11.6 Å². The molecule has 1 aromatic carbocycles. The topological polar surface area (TPSA) is 63.4 Å². The first-order chi connectivity index (χ1) is 7.06. The SMILES string of the molecule is CC[C@H]([C@@H](O)c1ccc(Cl)cc1)[N+](=O)[O-]. The van der Waals surface area contributed by atoms with Crippen molar-refractivity contribution in [2.24, 2.45) is 0 Å². The first-order valence-electron chi connectivity index (χ1n) is 4.63. The van der Waals surface area contributed by atoms with Crippen LogP contribution in [0.5, 0.6) is 0 Å². The van der Waals surface area contributed by atoms with Gasteiger partial charge in [-0.2, -0.15) is 0 Å². The second kappa shape index (κ2) is 5.09. The summed E-state index contributed by atoms with van der Waals surface area (Å²) in [5.41, 5.74) is 0.517. The van der Waals surface area contributed by atoms with Crippen molar-refractivity contribution < 1.29 is 10.0 Å². The van der Waals surface area contributed by atoms with Crippen molar-refractivity contribution in [3.05, 3.63) is 45.0 Å². The molecule has 0 saturated carbocycles. The van der Waals surface area contributed by atoms with E-state index in [1.807, 2.05) is 0 Å². The third kappa shape index (κ3) is 2.91. The van der Waals surface area contributed by atoms with Crippen LogP contribution in [0.1, 0.15) is 25.0 Å². The van der Waals surface area contributed by atoms with Gasteiger partial charge in [0.05, 0.1) is 0 Å². The highest BCUT2D eigenvalue weighted by Gasteiger charge is 2.28. The van der Waals surface area contributed by atoms with Gasteiger partial charge in [-0.05, 0) is 17.7 Å². The number of hydrogen-bond donors (Lipinski definition) is 1. The molecule has 0 radical (unpaired) electrons. The Balaban J connectivity index is 2.87. The van der Waals surface area contributed by atoms with E-state index in [0.29, 0.717) is 10.6 Å². The summed E-state index contributed by atoms with van der Waals surface area (Å²) in [6.45, 7) is 1.67. The summed E-state index contributed by atoms with van der Waals surface area (Å²) < 4.78 is 0. The van der Waals surface area contributed by atoms with Gasteiger partial charge in [-0.1, -0.05) is 30.7 Å². The lowest BCUT2D eigenvalue weighted by atomic mass is 10.0. The molecule has 0 amide bonds. The predicted octanol–water partition coefficient (Wildman–Crippen LogP) is 2.43. The van der Waals surface area contributed by atoms with Gasteiger partial charge in [0.25, 0.3) is 0 Å². The predicted molar refractivity (Wildman–Crippen MR) is 57.5 cm³/mol. The standard InChI is InChI=1S/C10H12ClNO3/c1-2-9(12(14)15)10(13)7-3-5-8(11)6-4-7/h3-6,9-10,13H,2H2,1H3/t9-,10+/m1/s1. The zero-order valence-corrected chi connectivity index (χ0v) is 9.02. The summed E-state index contributed by atoms with van der Waals surface area (Å²) in [6.07, 6.45) is -0.793. The quantitative estimate of drug-likeness (QED) is 0.637. The van der Waals surface area contributed by atoms with Gasteiger partial charge < -0.3 is 5.11 Å². The summed E-state index contributed by atoms with van der Waals surface area (Å²) in [4.78, 5) is 10.2. The number of rotatable bonds is 4. The lowest BCUT2D eigenvalue weighted by molar-refractivity contribution is -0.536. The third-order valence-electron chi connectivity index (χ3n) is 2.27. The van der Waals surface area contributed by atoms with E-state index in [4.69, 9.17) is 11.6 Å². The van der Waals surface area contributed by atoms with Gasteiger partial charge in [0, 0.05) is 16.4 Å². The molecule has 1 aromatic rings. The molecule has 4 nitrogen and oxygen atoms in total. The number of halogens is 1. The van der Waals surface area contributed by atoms with Crippen molar-refractivity contribution in [2.75, 3.05) is 0 Å². The van der Waals surface area contributed by atoms with Crippen molar-refractivity contribution in [3.8, 4) is 0 Å². The number of aliphatic hydroxyl groups excluding tert-OH is 1. The van der Waals surface area contributed by atoms with Crippen molar-refractivity contribution in [3.63, 3.8) is 0 Å². The van der Waals surface area contributed by atoms with Crippen LogP contribution in [-0.4, -0.2) is 16.1 Å². The lowest BCUT2D eigenvalue weighted by Gasteiger charge is -2.14. The maximum Gasteiger partial charge on any atom is 0.242 e. The smallest absolute Gasteiger partial charge is 0.242 e. The fourth-order valence-corrected chi connectivity index (χ4v) is 1.50. The fourth-order valence-electron chi connectivity index (χ4n) is 1.37. The molecule has 0 aliphatic rings. The van der Waals surface area contributed by atoms with Gasteiger partial charge in [0.2, 0.25) is 6.04 Å². The zero-order valence-electron chi connectivity index (χ0n) is 8.26. The molecule has 5 heteroatoms. The summed E-state index contributed by atoms with van der Waals surface area (Å²) in [7, 11) is 0. The number of hydrogen-bond acceptors (Lipinski definition) is 3. The molecule has 0 saturated heterocycles. The highest BCUT2D eigenvalue weighted by molar-refractivity contribution is 6.30. The van der Waals surface area contributed by atoms with Crippen LogP contribution < -0.4 is 0 Å². The highest BCUT2D eigenvalue weighted by Crippen LogP contribution is 2.22. The van der Waals surface area contributed by atoms with E-state index in [0.717, 1.165) is 0 Å². The Kier molecular flexibility index (Phi) is 4.05. The van der Waals surface area contributed by atoms with E-state index in [-0.39, 0.29) is 6.42 Å². The fraction of sp³-hybridized carbons (Fsp3) is 0.400. The Morgan fingerprint density at radius 2 is 2.00 bits per heavy atom. The van der Waals surface area contributed by atoms with Crippen LogP contribution in [0.25, 0.3) is 0 Å². The highest BCUT2D eigenvalue weighted by atomic mass is 35.5. The van der Waals surface area contributed by atoms with Gasteiger partial charge in [0.1, 0.15) is 6.10 Å². The van der Waals surface area contributed by atoms with Crippen molar-refractivity contribution in [2.45, 2.75) is 25.5 Å². The lowest BCUT2D eigenvalue weighted by Crippen LogP contribution is -2.26. The molecule has 0 aliphatic heterocycles. The molecule has 0 unspecified atom stereocenters. The largest absolute Gasteiger partial charge is 0.381 e. The summed E-state index contributed by atoms with van der Waals surface area (Å²) in [5.74, 6) is 0. The number of nitrogens with zero attached hydrogens (tertiary/aromatic N) is 1. The van der Waals surface area contributed by atoms with Crippen LogP contribution in [0.3, 0.4) is 0 Å². The normalized spacial score (nSPS) is 14.6. The minimum Gasteiger partial charge on any atom is -0.381 e. The van der Waals surface area contributed by atoms with Crippen molar-refractivity contribution in [1.29, 1.82) is 0 Å². The van der Waals surface area contributed by atoms with Gasteiger partial charge in [-0.15, -0.1) is 0 Å². The van der Waals surface area contributed by atoms with Gasteiger partial charge in [-0.25, -0.2) is 0 Å². The van der Waals surface area contributed by atoms with Crippen LogP contribution in [0, 0.1) is 10.1 Å². The van der Waals surface area contributed by atoms with E-state index in [1.165, 1.54) is 0 Å². The minimum absolute atomic E-state index is 0.288. The molecule has 0 heterocycles. The molecule has 1 N–H and O–H groups in total. The first kappa shape index (κ1) is 11.9. The molecule has 0 aromatic heterocycles. The van der Waals surface area contributed by atoms with E-state index in [1.54, 1.807) is 31.2 Å². The molecule has 0 bridgehead atoms. The Labute approximate surface area is 92.6 Å². The van der Waals surface area contributed by atoms with Crippen LogP contribution in [-0.2, 0) is 0 Å². The van der Waals surface area contributed by atoms with E-state index >= 15 is 0 Å². The van der Waals surface area contributed by atoms with Crippen LogP contribution >= 0.6 is 11.6 Å². The Bertz CT molecular complexity index is 339. The molecule has 1 rings (SSSR count). The van der Waals surface area contributed by atoms with Crippen LogP contribution in [0.2, 0.25) is 5.02 Å². The monoisotopic (exact) mass is 229 g/mol. The number of nitro groups is 1. The second-order valence-corrected chi connectivity index (χ2v) is 3.69. The minimum atomic E-state index is -1.08.